The molecule has 0 N–H and O–H groups in total. The van der Waals surface area contributed by atoms with Gasteiger partial charge in [-0.05, 0) is 61.7 Å². The Hall–Kier alpha value is -0.910. The topological polar surface area (TPSA) is 32.8 Å². The molecule has 0 spiro atoms. The first-order valence-corrected chi connectivity index (χ1v) is 7.93. The van der Waals surface area contributed by atoms with Crippen LogP contribution < -0.4 is 4.74 Å². The maximum atomic E-state index is 12.4. The van der Waals surface area contributed by atoms with Crippen molar-refractivity contribution in [1.82, 2.24) is 9.80 Å². The van der Waals surface area contributed by atoms with Crippen molar-refractivity contribution in [2.75, 3.05) is 40.8 Å². The second-order valence-electron chi connectivity index (χ2n) is 5.45. The lowest BCUT2D eigenvalue weighted by molar-refractivity contribution is 0.0888. The number of carbonyl (C=O) groups is 1. The van der Waals surface area contributed by atoms with Crippen molar-refractivity contribution in [2.45, 2.75) is 19.9 Å². The molecule has 0 amide bonds. The number of ether oxygens (including phenoxy) is 1. The van der Waals surface area contributed by atoms with Gasteiger partial charge in [0.2, 0.25) is 0 Å². The van der Waals surface area contributed by atoms with E-state index in [1.54, 1.807) is 7.11 Å². The highest BCUT2D eigenvalue weighted by atomic mass is 79.9. The number of benzene rings is 1. The summed E-state index contributed by atoms with van der Waals surface area (Å²) >= 11 is 3.42. The molecule has 4 nitrogen and oxygen atoms in total. The molecule has 0 aromatic heterocycles. The van der Waals surface area contributed by atoms with Gasteiger partial charge >= 0.3 is 0 Å². The molecule has 0 saturated carbocycles. The Morgan fingerprint density at radius 1 is 1.38 bits per heavy atom. The van der Waals surface area contributed by atoms with E-state index < -0.39 is 0 Å². The Balaban J connectivity index is 2.76. The number of nitrogens with zero attached hydrogens (tertiary/aromatic N) is 2. The Labute approximate surface area is 136 Å². The van der Waals surface area contributed by atoms with Crippen molar-refractivity contribution in [3.63, 3.8) is 0 Å². The second-order valence-corrected chi connectivity index (χ2v) is 6.30. The van der Waals surface area contributed by atoms with Gasteiger partial charge in [0.15, 0.2) is 5.78 Å². The van der Waals surface area contributed by atoms with E-state index in [-0.39, 0.29) is 5.78 Å². The molecule has 0 radical (unpaired) electrons. The molecule has 21 heavy (non-hydrogen) atoms. The third kappa shape index (κ3) is 5.41. The highest BCUT2D eigenvalue weighted by molar-refractivity contribution is 9.10. The molecule has 1 aromatic rings. The molecule has 118 valence electrons. The first-order chi connectivity index (χ1) is 9.88. The molecule has 1 rings (SSSR count). The van der Waals surface area contributed by atoms with Gasteiger partial charge in [0.05, 0.1) is 18.1 Å². The average molecular weight is 357 g/mol. The van der Waals surface area contributed by atoms with Crippen molar-refractivity contribution < 1.29 is 9.53 Å². The predicted octanol–water partition coefficient (Wildman–Crippen LogP) is 2.91. The number of halogens is 1. The van der Waals surface area contributed by atoms with E-state index >= 15 is 0 Å². The molecule has 0 aliphatic rings. The molecule has 0 aliphatic carbocycles. The van der Waals surface area contributed by atoms with Crippen LogP contribution in [0.25, 0.3) is 0 Å². The van der Waals surface area contributed by atoms with Crippen LogP contribution in [0.2, 0.25) is 0 Å². The van der Waals surface area contributed by atoms with Crippen molar-refractivity contribution in [3.8, 4) is 5.75 Å². The molecular weight excluding hydrogens is 332 g/mol. The molecule has 1 aromatic carbocycles. The number of carbonyl (C=O) groups excluding carboxylic acids is 1. The number of methoxy groups -OCH3 is 1. The van der Waals surface area contributed by atoms with Gasteiger partial charge in [0.25, 0.3) is 0 Å². The van der Waals surface area contributed by atoms with Gasteiger partial charge in [-0.25, -0.2) is 0 Å². The van der Waals surface area contributed by atoms with Gasteiger partial charge in [-0.1, -0.05) is 6.92 Å². The van der Waals surface area contributed by atoms with Crippen molar-refractivity contribution in [3.05, 3.63) is 28.2 Å². The highest BCUT2D eigenvalue weighted by Crippen LogP contribution is 2.25. The molecule has 1 atom stereocenters. The largest absolute Gasteiger partial charge is 0.496 e. The van der Waals surface area contributed by atoms with Crippen LogP contribution in [0.15, 0.2) is 22.7 Å². The molecule has 0 saturated heterocycles. The maximum Gasteiger partial charge on any atom is 0.176 e. The summed E-state index contributed by atoms with van der Waals surface area (Å²) in [7, 11) is 5.71. The predicted molar refractivity (Wildman–Crippen MR) is 90.3 cm³/mol. The fourth-order valence-corrected chi connectivity index (χ4v) is 2.88. The third-order valence-corrected chi connectivity index (χ3v) is 4.10. The summed E-state index contributed by atoms with van der Waals surface area (Å²) in [6.45, 7) is 6.47. The van der Waals surface area contributed by atoms with Crippen LogP contribution in [0.3, 0.4) is 0 Å². The average Bonchev–Trinajstić information content (AvgIpc) is 2.43. The van der Waals surface area contributed by atoms with Crippen LogP contribution in [0.1, 0.15) is 24.2 Å². The number of likely N-dealkylation sites (N-methyl/N-ethyl adjacent to an activating group) is 2. The summed E-state index contributed by atoms with van der Waals surface area (Å²) in [4.78, 5) is 16.8. The maximum absolute atomic E-state index is 12.4. The number of Topliss-reactive ketones (excluding diaryl/α,β-unsaturated/α-hetero) is 1. The number of ketones is 1. The van der Waals surface area contributed by atoms with Crippen LogP contribution in [0.5, 0.6) is 5.75 Å². The van der Waals surface area contributed by atoms with Crippen LogP contribution in [0.4, 0.5) is 0 Å². The van der Waals surface area contributed by atoms with E-state index in [2.05, 4.69) is 39.6 Å². The first-order valence-electron chi connectivity index (χ1n) is 7.14. The van der Waals surface area contributed by atoms with E-state index in [4.69, 9.17) is 4.74 Å². The Kier molecular flexibility index (Phi) is 7.35. The van der Waals surface area contributed by atoms with E-state index in [1.165, 1.54) is 0 Å². The molecular formula is C16H25BrN2O2. The van der Waals surface area contributed by atoms with E-state index in [0.29, 0.717) is 18.2 Å². The van der Waals surface area contributed by atoms with E-state index in [0.717, 1.165) is 23.3 Å². The fraction of sp³-hybridized carbons (Fsp3) is 0.562. The highest BCUT2D eigenvalue weighted by Gasteiger charge is 2.18. The number of rotatable bonds is 8. The lowest BCUT2D eigenvalue weighted by atomic mass is 10.1. The SMILES string of the molecule is CCN(CC(=O)c1ccc(OC)c(Br)c1)C(C)CN(C)C. The first kappa shape index (κ1) is 18.1. The fourth-order valence-electron chi connectivity index (χ4n) is 2.34. The van der Waals surface area contributed by atoms with Gasteiger partial charge in [-0.15, -0.1) is 0 Å². The van der Waals surface area contributed by atoms with Crippen LogP contribution in [-0.2, 0) is 0 Å². The molecule has 1 unspecified atom stereocenters. The molecule has 5 heteroatoms. The van der Waals surface area contributed by atoms with Gasteiger partial charge in [-0.3, -0.25) is 9.69 Å². The summed E-state index contributed by atoms with van der Waals surface area (Å²) in [5, 5.41) is 0. The lowest BCUT2D eigenvalue weighted by Gasteiger charge is -2.29. The molecule has 0 heterocycles. The van der Waals surface area contributed by atoms with Gasteiger partial charge in [-0.2, -0.15) is 0 Å². The zero-order valence-electron chi connectivity index (χ0n) is 13.5. The molecule has 0 fully saturated rings. The summed E-state index contributed by atoms with van der Waals surface area (Å²) in [5.41, 5.74) is 0.707. The van der Waals surface area contributed by atoms with Crippen LogP contribution in [0, 0.1) is 0 Å². The zero-order chi connectivity index (χ0) is 16.0. The quantitative estimate of drug-likeness (QED) is 0.670. The van der Waals surface area contributed by atoms with Crippen LogP contribution >= 0.6 is 15.9 Å². The van der Waals surface area contributed by atoms with Crippen LogP contribution in [-0.4, -0.2) is 62.5 Å². The minimum Gasteiger partial charge on any atom is -0.496 e. The molecule has 0 bridgehead atoms. The lowest BCUT2D eigenvalue weighted by Crippen LogP contribution is -2.42. The Bertz CT molecular complexity index is 477. The Morgan fingerprint density at radius 3 is 2.52 bits per heavy atom. The van der Waals surface area contributed by atoms with Gasteiger partial charge in [0, 0.05) is 18.2 Å². The third-order valence-electron chi connectivity index (χ3n) is 3.48. The van der Waals surface area contributed by atoms with Gasteiger partial charge < -0.3 is 9.64 Å². The van der Waals surface area contributed by atoms with E-state index in [1.807, 2.05) is 32.3 Å². The standard InChI is InChI=1S/C16H25BrN2O2/c1-6-19(12(2)10-18(3)4)11-15(20)13-7-8-16(21-5)14(17)9-13/h7-9,12H,6,10-11H2,1-5H3. The monoisotopic (exact) mass is 356 g/mol. The Morgan fingerprint density at radius 2 is 2.05 bits per heavy atom. The van der Waals surface area contributed by atoms with Crippen molar-refractivity contribution >= 4 is 21.7 Å². The van der Waals surface area contributed by atoms with E-state index in [9.17, 15) is 4.79 Å². The molecule has 0 aliphatic heterocycles. The smallest absolute Gasteiger partial charge is 0.176 e. The minimum absolute atomic E-state index is 0.130. The summed E-state index contributed by atoms with van der Waals surface area (Å²) in [6.07, 6.45) is 0. The van der Waals surface area contributed by atoms with Crippen molar-refractivity contribution in [2.24, 2.45) is 0 Å². The number of hydrogen-bond donors (Lipinski definition) is 0. The van der Waals surface area contributed by atoms with Crippen molar-refractivity contribution in [1.29, 1.82) is 0 Å². The minimum atomic E-state index is 0.130. The normalized spacial score (nSPS) is 12.8. The number of hydrogen-bond acceptors (Lipinski definition) is 4. The summed E-state index contributed by atoms with van der Waals surface area (Å²) < 4.78 is 6.00. The summed E-state index contributed by atoms with van der Waals surface area (Å²) in [6, 6.07) is 5.80. The zero-order valence-corrected chi connectivity index (χ0v) is 15.1. The van der Waals surface area contributed by atoms with Gasteiger partial charge in [0.1, 0.15) is 5.75 Å². The second kappa shape index (κ2) is 8.51. The summed E-state index contributed by atoms with van der Waals surface area (Å²) in [5.74, 6) is 0.866.